The molecule has 0 N–H and O–H groups in total. The van der Waals surface area contributed by atoms with Crippen LogP contribution < -0.4 is 0 Å². The second-order valence-electron chi connectivity index (χ2n) is 4.21. The number of hydrogen-bond donors (Lipinski definition) is 0. The Morgan fingerprint density at radius 1 is 1.15 bits per heavy atom. The SMILES string of the molecule is CC(C)C(=O)OC1CCCCCC1. The molecule has 0 heterocycles. The standard InChI is InChI=1S/C11H20O2/c1-9(2)11(12)13-10-7-5-3-4-6-8-10/h9-10H,3-8H2,1-2H3. The van der Waals surface area contributed by atoms with Crippen LogP contribution in [0.15, 0.2) is 0 Å². The summed E-state index contributed by atoms with van der Waals surface area (Å²) in [6, 6.07) is 0. The molecule has 0 saturated heterocycles. The van der Waals surface area contributed by atoms with Gasteiger partial charge >= 0.3 is 5.97 Å². The average Bonchev–Trinajstić information content (AvgIpc) is 2.32. The van der Waals surface area contributed by atoms with E-state index in [0.29, 0.717) is 0 Å². The van der Waals surface area contributed by atoms with E-state index in [0.717, 1.165) is 12.8 Å². The van der Waals surface area contributed by atoms with Crippen LogP contribution in [0.1, 0.15) is 52.4 Å². The second-order valence-corrected chi connectivity index (χ2v) is 4.21. The van der Waals surface area contributed by atoms with E-state index in [1.165, 1.54) is 25.7 Å². The Bertz CT molecular complexity index is 155. The van der Waals surface area contributed by atoms with Gasteiger partial charge in [0.25, 0.3) is 0 Å². The monoisotopic (exact) mass is 184 g/mol. The topological polar surface area (TPSA) is 26.3 Å². The first kappa shape index (κ1) is 10.6. The van der Waals surface area contributed by atoms with Crippen LogP contribution in [0.4, 0.5) is 0 Å². The van der Waals surface area contributed by atoms with Crippen molar-refractivity contribution in [2.24, 2.45) is 5.92 Å². The van der Waals surface area contributed by atoms with E-state index >= 15 is 0 Å². The van der Waals surface area contributed by atoms with E-state index in [-0.39, 0.29) is 18.0 Å². The highest BCUT2D eigenvalue weighted by molar-refractivity contribution is 5.71. The Morgan fingerprint density at radius 2 is 1.69 bits per heavy atom. The second kappa shape index (κ2) is 5.25. The number of carbonyl (C=O) groups is 1. The molecule has 0 radical (unpaired) electrons. The fraction of sp³-hybridized carbons (Fsp3) is 0.909. The maximum absolute atomic E-state index is 11.3. The van der Waals surface area contributed by atoms with E-state index in [1.54, 1.807) is 0 Å². The van der Waals surface area contributed by atoms with Crippen molar-refractivity contribution in [3.8, 4) is 0 Å². The lowest BCUT2D eigenvalue weighted by Crippen LogP contribution is -2.20. The lowest BCUT2D eigenvalue weighted by atomic mass is 10.1. The highest BCUT2D eigenvalue weighted by Gasteiger charge is 2.18. The van der Waals surface area contributed by atoms with Crippen molar-refractivity contribution in [3.05, 3.63) is 0 Å². The molecule has 0 spiro atoms. The zero-order valence-electron chi connectivity index (χ0n) is 8.71. The highest BCUT2D eigenvalue weighted by Crippen LogP contribution is 2.20. The zero-order valence-corrected chi connectivity index (χ0v) is 8.71. The van der Waals surface area contributed by atoms with Crippen LogP contribution in [-0.2, 0) is 9.53 Å². The van der Waals surface area contributed by atoms with E-state index < -0.39 is 0 Å². The molecule has 1 aliphatic carbocycles. The summed E-state index contributed by atoms with van der Waals surface area (Å²) in [7, 11) is 0. The summed E-state index contributed by atoms with van der Waals surface area (Å²) in [5.41, 5.74) is 0. The number of carbonyl (C=O) groups excluding carboxylic acids is 1. The smallest absolute Gasteiger partial charge is 0.308 e. The summed E-state index contributed by atoms with van der Waals surface area (Å²) >= 11 is 0. The van der Waals surface area contributed by atoms with E-state index in [2.05, 4.69) is 0 Å². The van der Waals surface area contributed by atoms with Crippen LogP contribution in [-0.4, -0.2) is 12.1 Å². The third-order valence-corrected chi connectivity index (χ3v) is 2.56. The minimum absolute atomic E-state index is 0.0169. The van der Waals surface area contributed by atoms with Crippen LogP contribution in [0.3, 0.4) is 0 Å². The summed E-state index contributed by atoms with van der Waals surface area (Å²) in [6.07, 6.45) is 7.38. The fourth-order valence-corrected chi connectivity index (χ4v) is 1.66. The molecule has 13 heavy (non-hydrogen) atoms. The van der Waals surface area contributed by atoms with Crippen molar-refractivity contribution >= 4 is 5.97 Å². The first-order valence-corrected chi connectivity index (χ1v) is 5.40. The van der Waals surface area contributed by atoms with Gasteiger partial charge in [0, 0.05) is 0 Å². The molecule has 0 aromatic carbocycles. The van der Waals surface area contributed by atoms with Crippen LogP contribution in [0.25, 0.3) is 0 Å². The van der Waals surface area contributed by atoms with Crippen molar-refractivity contribution in [2.45, 2.75) is 58.5 Å². The molecule has 1 aliphatic rings. The molecule has 0 aliphatic heterocycles. The quantitative estimate of drug-likeness (QED) is 0.487. The van der Waals surface area contributed by atoms with Gasteiger partial charge in [0.15, 0.2) is 0 Å². The van der Waals surface area contributed by atoms with Crippen molar-refractivity contribution in [3.63, 3.8) is 0 Å². The number of rotatable bonds is 2. The molecular weight excluding hydrogens is 164 g/mol. The van der Waals surface area contributed by atoms with Gasteiger partial charge in [0.1, 0.15) is 6.10 Å². The summed E-state index contributed by atoms with van der Waals surface area (Å²) in [4.78, 5) is 11.3. The molecule has 1 fully saturated rings. The number of hydrogen-bond acceptors (Lipinski definition) is 2. The van der Waals surface area contributed by atoms with Gasteiger partial charge in [-0.3, -0.25) is 4.79 Å². The lowest BCUT2D eigenvalue weighted by molar-refractivity contribution is -0.153. The highest BCUT2D eigenvalue weighted by atomic mass is 16.5. The van der Waals surface area contributed by atoms with Gasteiger partial charge in [-0.25, -0.2) is 0 Å². The molecule has 76 valence electrons. The van der Waals surface area contributed by atoms with Gasteiger partial charge in [0.2, 0.25) is 0 Å². The molecule has 1 rings (SSSR count). The molecule has 0 amide bonds. The van der Waals surface area contributed by atoms with Gasteiger partial charge in [-0.05, 0) is 25.7 Å². The van der Waals surface area contributed by atoms with Gasteiger partial charge in [-0.2, -0.15) is 0 Å². The van der Waals surface area contributed by atoms with Crippen LogP contribution in [0, 0.1) is 5.92 Å². The van der Waals surface area contributed by atoms with Crippen LogP contribution in [0.5, 0.6) is 0 Å². The largest absolute Gasteiger partial charge is 0.462 e. The molecule has 1 saturated carbocycles. The average molecular weight is 184 g/mol. The maximum atomic E-state index is 11.3. The Kier molecular flexibility index (Phi) is 4.26. The normalized spacial score (nSPS) is 19.9. The van der Waals surface area contributed by atoms with E-state index in [1.807, 2.05) is 13.8 Å². The molecule has 0 aromatic heterocycles. The van der Waals surface area contributed by atoms with Gasteiger partial charge in [-0.1, -0.05) is 26.7 Å². The van der Waals surface area contributed by atoms with Crippen molar-refractivity contribution < 1.29 is 9.53 Å². The van der Waals surface area contributed by atoms with Crippen LogP contribution in [0.2, 0.25) is 0 Å². The molecule has 0 unspecified atom stereocenters. The minimum Gasteiger partial charge on any atom is -0.462 e. The first-order chi connectivity index (χ1) is 6.20. The Morgan fingerprint density at radius 3 is 2.15 bits per heavy atom. The molecule has 2 heteroatoms. The molecular formula is C11H20O2. The predicted molar refractivity (Wildman–Crippen MR) is 52.4 cm³/mol. The third kappa shape index (κ3) is 3.79. The molecule has 2 nitrogen and oxygen atoms in total. The zero-order chi connectivity index (χ0) is 9.68. The summed E-state index contributed by atoms with van der Waals surface area (Å²) in [5.74, 6) is -0.0184. The molecule has 0 bridgehead atoms. The van der Waals surface area contributed by atoms with Crippen molar-refractivity contribution in [1.29, 1.82) is 0 Å². The maximum Gasteiger partial charge on any atom is 0.308 e. The van der Waals surface area contributed by atoms with Gasteiger partial charge in [0.05, 0.1) is 5.92 Å². The van der Waals surface area contributed by atoms with E-state index in [9.17, 15) is 4.79 Å². The number of esters is 1. The molecule has 0 atom stereocenters. The van der Waals surface area contributed by atoms with Gasteiger partial charge in [-0.15, -0.1) is 0 Å². The van der Waals surface area contributed by atoms with Gasteiger partial charge < -0.3 is 4.74 Å². The minimum atomic E-state index is -0.0353. The third-order valence-electron chi connectivity index (χ3n) is 2.56. The lowest BCUT2D eigenvalue weighted by Gasteiger charge is -2.16. The molecule has 0 aromatic rings. The number of ether oxygens (including phenoxy) is 1. The van der Waals surface area contributed by atoms with Crippen molar-refractivity contribution in [2.75, 3.05) is 0 Å². The summed E-state index contributed by atoms with van der Waals surface area (Å²) in [6.45, 7) is 3.78. The summed E-state index contributed by atoms with van der Waals surface area (Å²) < 4.78 is 5.39. The predicted octanol–water partition coefficient (Wildman–Crippen LogP) is 2.91. The Hall–Kier alpha value is -0.530. The first-order valence-electron chi connectivity index (χ1n) is 5.40. The van der Waals surface area contributed by atoms with Crippen LogP contribution >= 0.6 is 0 Å². The van der Waals surface area contributed by atoms with E-state index in [4.69, 9.17) is 4.74 Å². The Balaban J connectivity index is 2.29. The fourth-order valence-electron chi connectivity index (χ4n) is 1.66. The Labute approximate surface area is 80.7 Å². The van der Waals surface area contributed by atoms with Crippen molar-refractivity contribution in [1.82, 2.24) is 0 Å². The summed E-state index contributed by atoms with van der Waals surface area (Å²) in [5, 5.41) is 0.